The second-order valence-electron chi connectivity index (χ2n) is 6.98. The summed E-state index contributed by atoms with van der Waals surface area (Å²) in [6.07, 6.45) is 0. The van der Waals surface area contributed by atoms with E-state index in [-0.39, 0.29) is 17.5 Å². The van der Waals surface area contributed by atoms with Crippen LogP contribution < -0.4 is 15.4 Å². The van der Waals surface area contributed by atoms with Gasteiger partial charge in [0, 0.05) is 0 Å². The van der Waals surface area contributed by atoms with Gasteiger partial charge in [-0.2, -0.15) is 0 Å². The van der Waals surface area contributed by atoms with Gasteiger partial charge in [0.25, 0.3) is 11.8 Å². The number of rotatable bonds is 8. The average molecular weight is 432 g/mol. The fourth-order valence-corrected chi connectivity index (χ4v) is 3.10. The molecular weight excluding hydrogens is 408 g/mol. The zero-order valence-electron chi connectivity index (χ0n) is 17.8. The van der Waals surface area contributed by atoms with Gasteiger partial charge in [0.2, 0.25) is 0 Å². The number of methoxy groups -OCH3 is 1. The van der Waals surface area contributed by atoms with Gasteiger partial charge in [-0.05, 0) is 36.8 Å². The van der Waals surface area contributed by atoms with Crippen LogP contribution in [0.1, 0.15) is 39.2 Å². The van der Waals surface area contributed by atoms with Gasteiger partial charge < -0.3 is 20.1 Å². The van der Waals surface area contributed by atoms with E-state index in [1.807, 2.05) is 37.3 Å². The third-order valence-corrected chi connectivity index (χ3v) is 4.75. The number of ether oxygens (including phenoxy) is 2. The minimum absolute atomic E-state index is 0.214. The first-order chi connectivity index (χ1) is 15.5. The second kappa shape index (κ2) is 10.8. The minimum atomic E-state index is -0.680. The third kappa shape index (κ3) is 5.72. The number of anilines is 1. The monoisotopic (exact) mass is 432 g/mol. The Morgan fingerprint density at radius 2 is 1.47 bits per heavy atom. The zero-order chi connectivity index (χ0) is 22.9. The van der Waals surface area contributed by atoms with Crippen molar-refractivity contribution in [1.29, 1.82) is 0 Å². The topological polar surface area (TPSA) is 93.7 Å². The molecule has 0 spiro atoms. The van der Waals surface area contributed by atoms with Crippen molar-refractivity contribution >= 4 is 23.5 Å². The van der Waals surface area contributed by atoms with E-state index in [0.717, 1.165) is 5.56 Å². The number of hydrogen-bond acceptors (Lipinski definition) is 5. The van der Waals surface area contributed by atoms with E-state index in [9.17, 15) is 14.4 Å². The van der Waals surface area contributed by atoms with Gasteiger partial charge in [0.1, 0.15) is 11.3 Å². The van der Waals surface area contributed by atoms with Crippen molar-refractivity contribution in [2.45, 2.75) is 13.0 Å². The first kappa shape index (κ1) is 22.6. The first-order valence-electron chi connectivity index (χ1n) is 10.0. The van der Waals surface area contributed by atoms with E-state index in [1.54, 1.807) is 48.5 Å². The summed E-state index contributed by atoms with van der Waals surface area (Å²) in [4.78, 5) is 37.4. The van der Waals surface area contributed by atoms with Crippen molar-refractivity contribution in [2.75, 3.05) is 19.0 Å². The Balaban J connectivity index is 1.62. The van der Waals surface area contributed by atoms with Crippen LogP contribution in [0, 0.1) is 0 Å². The summed E-state index contributed by atoms with van der Waals surface area (Å²) in [6, 6.07) is 22.6. The number of nitrogens with one attached hydrogen (secondary N) is 2. The quantitative estimate of drug-likeness (QED) is 0.525. The molecule has 0 fully saturated rings. The lowest BCUT2D eigenvalue weighted by Gasteiger charge is -2.16. The highest BCUT2D eigenvalue weighted by atomic mass is 16.5. The van der Waals surface area contributed by atoms with E-state index >= 15 is 0 Å². The molecule has 0 aromatic heterocycles. The molecule has 0 saturated carbocycles. The normalized spacial score (nSPS) is 11.2. The van der Waals surface area contributed by atoms with Gasteiger partial charge in [-0.25, -0.2) is 4.79 Å². The maximum Gasteiger partial charge on any atom is 0.342 e. The molecule has 0 radical (unpaired) electrons. The van der Waals surface area contributed by atoms with Crippen molar-refractivity contribution in [3.8, 4) is 5.75 Å². The van der Waals surface area contributed by atoms with E-state index < -0.39 is 18.5 Å². The lowest BCUT2D eigenvalue weighted by atomic mass is 10.1. The molecule has 0 aliphatic heterocycles. The van der Waals surface area contributed by atoms with Gasteiger partial charge in [-0.3, -0.25) is 9.59 Å². The van der Waals surface area contributed by atoms with Crippen LogP contribution in [0.3, 0.4) is 0 Å². The number of amides is 2. The molecule has 3 aromatic carbocycles. The Morgan fingerprint density at radius 3 is 2.19 bits per heavy atom. The molecule has 1 atom stereocenters. The molecule has 3 aromatic rings. The Hall–Kier alpha value is -4.13. The molecule has 0 saturated heterocycles. The van der Waals surface area contributed by atoms with Gasteiger partial charge in [-0.15, -0.1) is 0 Å². The predicted octanol–water partition coefficient (Wildman–Crippen LogP) is 3.98. The largest absolute Gasteiger partial charge is 0.496 e. The molecule has 0 aliphatic rings. The van der Waals surface area contributed by atoms with Crippen LogP contribution in [0.15, 0.2) is 78.9 Å². The molecule has 3 rings (SSSR count). The summed E-state index contributed by atoms with van der Waals surface area (Å²) in [6.45, 7) is 1.37. The van der Waals surface area contributed by atoms with Gasteiger partial charge in [-0.1, -0.05) is 54.6 Å². The summed E-state index contributed by atoms with van der Waals surface area (Å²) in [5.41, 5.74) is 1.81. The van der Waals surface area contributed by atoms with E-state index in [2.05, 4.69) is 10.6 Å². The van der Waals surface area contributed by atoms with Gasteiger partial charge >= 0.3 is 5.97 Å². The van der Waals surface area contributed by atoms with Crippen molar-refractivity contribution in [2.24, 2.45) is 0 Å². The highest BCUT2D eigenvalue weighted by molar-refractivity contribution is 6.04. The number of benzene rings is 3. The third-order valence-electron chi connectivity index (χ3n) is 4.75. The molecule has 32 heavy (non-hydrogen) atoms. The molecule has 0 aliphatic carbocycles. The van der Waals surface area contributed by atoms with Crippen LogP contribution in [-0.4, -0.2) is 31.5 Å². The highest BCUT2D eigenvalue weighted by Gasteiger charge is 2.18. The molecule has 2 amide bonds. The Labute approximate surface area is 186 Å². The molecule has 7 nitrogen and oxygen atoms in total. The molecular formula is C25H24N2O5. The number of carbonyl (C=O) groups excluding carboxylic acids is 3. The van der Waals surface area contributed by atoms with Crippen LogP contribution >= 0.6 is 0 Å². The van der Waals surface area contributed by atoms with Crippen LogP contribution in [-0.2, 0) is 9.53 Å². The van der Waals surface area contributed by atoms with Gasteiger partial charge in [0.15, 0.2) is 6.61 Å². The first-order valence-corrected chi connectivity index (χ1v) is 10.0. The zero-order valence-corrected chi connectivity index (χ0v) is 17.8. The predicted molar refractivity (Wildman–Crippen MR) is 121 cm³/mol. The summed E-state index contributed by atoms with van der Waals surface area (Å²) >= 11 is 0. The van der Waals surface area contributed by atoms with Crippen LogP contribution in [0.4, 0.5) is 5.69 Å². The average Bonchev–Trinajstić information content (AvgIpc) is 2.83. The fraction of sp³-hybridized carbons (Fsp3) is 0.160. The highest BCUT2D eigenvalue weighted by Crippen LogP contribution is 2.19. The lowest BCUT2D eigenvalue weighted by Crippen LogP contribution is -2.28. The van der Waals surface area contributed by atoms with Crippen LogP contribution in [0.2, 0.25) is 0 Å². The maximum absolute atomic E-state index is 12.8. The second-order valence-corrected chi connectivity index (χ2v) is 6.98. The number of para-hydroxylation sites is 2. The lowest BCUT2D eigenvalue weighted by molar-refractivity contribution is -0.119. The van der Waals surface area contributed by atoms with Gasteiger partial charge in [0.05, 0.1) is 24.4 Å². The molecule has 7 heteroatoms. The van der Waals surface area contributed by atoms with Crippen LogP contribution in [0.25, 0.3) is 0 Å². The number of esters is 1. The summed E-state index contributed by atoms with van der Waals surface area (Å²) in [5.74, 6) is -1.22. The molecule has 1 unspecified atom stereocenters. The van der Waals surface area contributed by atoms with Crippen molar-refractivity contribution < 1.29 is 23.9 Å². The molecule has 0 bridgehead atoms. The van der Waals surface area contributed by atoms with E-state index in [1.165, 1.54) is 7.11 Å². The summed E-state index contributed by atoms with van der Waals surface area (Å²) in [5, 5.41) is 5.55. The Morgan fingerprint density at radius 1 is 0.844 bits per heavy atom. The molecule has 2 N–H and O–H groups in total. The van der Waals surface area contributed by atoms with Crippen molar-refractivity contribution in [1.82, 2.24) is 5.32 Å². The SMILES string of the molecule is COc1ccccc1C(=O)OCC(=O)Nc1ccccc1C(=O)NC(C)c1ccccc1. The fourth-order valence-electron chi connectivity index (χ4n) is 3.10. The smallest absolute Gasteiger partial charge is 0.342 e. The van der Waals surface area contributed by atoms with Crippen molar-refractivity contribution in [3.63, 3.8) is 0 Å². The minimum Gasteiger partial charge on any atom is -0.496 e. The summed E-state index contributed by atoms with van der Waals surface area (Å²) < 4.78 is 10.2. The number of carbonyl (C=O) groups is 3. The van der Waals surface area contributed by atoms with E-state index in [4.69, 9.17) is 9.47 Å². The summed E-state index contributed by atoms with van der Waals surface area (Å²) in [7, 11) is 1.44. The number of hydrogen-bond donors (Lipinski definition) is 2. The Kier molecular flexibility index (Phi) is 7.59. The molecule has 0 heterocycles. The molecule has 164 valence electrons. The standard InChI is InChI=1S/C25H24N2O5/c1-17(18-10-4-3-5-11-18)26-24(29)19-12-6-8-14-21(19)27-23(28)16-32-25(30)20-13-7-9-15-22(20)31-2/h3-15,17H,16H2,1-2H3,(H,26,29)(H,27,28). The Bertz CT molecular complexity index is 1100. The van der Waals surface area contributed by atoms with Crippen molar-refractivity contribution in [3.05, 3.63) is 95.6 Å². The van der Waals surface area contributed by atoms with E-state index in [0.29, 0.717) is 17.0 Å². The van der Waals surface area contributed by atoms with Crippen LogP contribution in [0.5, 0.6) is 5.75 Å². The maximum atomic E-state index is 12.8.